The van der Waals surface area contributed by atoms with E-state index in [1.54, 1.807) is 24.3 Å². The summed E-state index contributed by atoms with van der Waals surface area (Å²) in [5, 5.41) is 10.9. The van der Waals surface area contributed by atoms with Gasteiger partial charge in [-0.15, -0.1) is 0 Å². The van der Waals surface area contributed by atoms with Gasteiger partial charge in [-0.2, -0.15) is 0 Å². The second-order valence-corrected chi connectivity index (χ2v) is 7.43. The number of hydrogen-bond acceptors (Lipinski definition) is 7. The fourth-order valence-electron chi connectivity index (χ4n) is 3.53. The molecule has 0 saturated carbocycles. The molecule has 1 aliphatic rings. The fourth-order valence-corrected chi connectivity index (χ4v) is 3.53. The third kappa shape index (κ3) is 3.03. The van der Waals surface area contributed by atoms with Gasteiger partial charge in [-0.1, -0.05) is 0 Å². The van der Waals surface area contributed by atoms with Gasteiger partial charge in [-0.3, -0.25) is 4.79 Å². The van der Waals surface area contributed by atoms with Gasteiger partial charge in [0.2, 0.25) is 5.43 Å². The van der Waals surface area contributed by atoms with Crippen molar-refractivity contribution in [2.24, 2.45) is 0 Å². The van der Waals surface area contributed by atoms with Gasteiger partial charge in [0, 0.05) is 17.7 Å². The van der Waals surface area contributed by atoms with Crippen LogP contribution in [-0.4, -0.2) is 32.0 Å². The number of methoxy groups -OCH3 is 3. The Hall–Kier alpha value is -3.61. The molecule has 1 N–H and O–H groups in total. The highest BCUT2D eigenvalue weighted by atomic mass is 16.5. The molecule has 2 heterocycles. The van der Waals surface area contributed by atoms with Gasteiger partial charge >= 0.3 is 0 Å². The Bertz CT molecular complexity index is 1230. The molecule has 1 aliphatic heterocycles. The largest absolute Gasteiger partial charge is 0.506 e. The van der Waals surface area contributed by atoms with Crippen LogP contribution in [0, 0.1) is 0 Å². The standard InChI is InChI=1S/C23H22O7/c1-23(2)7-6-12-16(30-23)10-19-20(21(12)24)22(25)14(11-29-19)13-8-17(27-4)18(28-5)9-15(13)26-3/h6-11,24H,1-5H3. The SMILES string of the molecule is COc1cc(OC)c(-c2coc3cc4c(c(O)c3c2=O)C=CC(C)(C)O4)cc1OC. The van der Waals surface area contributed by atoms with Crippen LogP contribution in [0.4, 0.5) is 0 Å². The molecule has 30 heavy (non-hydrogen) atoms. The lowest BCUT2D eigenvalue weighted by atomic mass is 9.98. The van der Waals surface area contributed by atoms with E-state index in [2.05, 4.69) is 0 Å². The highest BCUT2D eigenvalue weighted by molar-refractivity contribution is 5.93. The van der Waals surface area contributed by atoms with Crippen molar-refractivity contribution < 1.29 is 28.5 Å². The summed E-state index contributed by atoms with van der Waals surface area (Å²) in [6.07, 6.45) is 4.91. The molecule has 1 aromatic heterocycles. The monoisotopic (exact) mass is 410 g/mol. The fraction of sp³-hybridized carbons (Fsp3) is 0.261. The molecule has 0 amide bonds. The van der Waals surface area contributed by atoms with Crippen LogP contribution in [0.25, 0.3) is 28.2 Å². The smallest absolute Gasteiger partial charge is 0.204 e. The first-order valence-corrected chi connectivity index (χ1v) is 9.29. The van der Waals surface area contributed by atoms with E-state index >= 15 is 0 Å². The summed E-state index contributed by atoms with van der Waals surface area (Å²) in [5.74, 6) is 1.56. The summed E-state index contributed by atoms with van der Waals surface area (Å²) in [5.41, 5.74) is 0.407. The molecule has 2 aromatic carbocycles. The van der Waals surface area contributed by atoms with E-state index in [9.17, 15) is 9.90 Å². The molecule has 0 saturated heterocycles. The molecule has 0 radical (unpaired) electrons. The van der Waals surface area contributed by atoms with Gasteiger partial charge in [-0.05, 0) is 32.1 Å². The lowest BCUT2D eigenvalue weighted by Crippen LogP contribution is -2.27. The quantitative estimate of drug-likeness (QED) is 0.683. The van der Waals surface area contributed by atoms with E-state index in [1.807, 2.05) is 19.9 Å². The highest BCUT2D eigenvalue weighted by Gasteiger charge is 2.27. The summed E-state index contributed by atoms with van der Waals surface area (Å²) < 4.78 is 27.7. The molecule has 4 rings (SSSR count). The number of phenols is 1. The number of rotatable bonds is 4. The second kappa shape index (κ2) is 7.02. The molecule has 3 aromatic rings. The molecule has 7 nitrogen and oxygen atoms in total. The Morgan fingerprint density at radius 1 is 0.933 bits per heavy atom. The minimum absolute atomic E-state index is 0.0658. The minimum Gasteiger partial charge on any atom is -0.506 e. The molecule has 156 valence electrons. The first-order valence-electron chi connectivity index (χ1n) is 9.29. The Balaban J connectivity index is 1.98. The van der Waals surface area contributed by atoms with Gasteiger partial charge in [0.15, 0.2) is 11.5 Å². The minimum atomic E-state index is -0.527. The Morgan fingerprint density at radius 3 is 2.27 bits per heavy atom. The van der Waals surface area contributed by atoms with Crippen molar-refractivity contribution in [3.05, 3.63) is 46.3 Å². The van der Waals surface area contributed by atoms with Crippen LogP contribution >= 0.6 is 0 Å². The number of hydrogen-bond donors (Lipinski definition) is 1. The van der Waals surface area contributed by atoms with Crippen LogP contribution in [0.5, 0.6) is 28.7 Å². The zero-order valence-electron chi connectivity index (χ0n) is 17.4. The van der Waals surface area contributed by atoms with Crippen molar-refractivity contribution in [3.8, 4) is 39.9 Å². The molecule has 0 spiro atoms. The molecule has 0 aliphatic carbocycles. The van der Waals surface area contributed by atoms with Crippen LogP contribution in [0.15, 0.2) is 39.7 Å². The summed E-state index contributed by atoms with van der Waals surface area (Å²) in [4.78, 5) is 13.4. The second-order valence-electron chi connectivity index (χ2n) is 7.43. The van der Waals surface area contributed by atoms with Crippen LogP contribution in [0.3, 0.4) is 0 Å². The molecule has 0 bridgehead atoms. The van der Waals surface area contributed by atoms with Crippen LogP contribution < -0.4 is 24.4 Å². The maximum atomic E-state index is 13.4. The third-order valence-corrected chi connectivity index (χ3v) is 5.06. The van der Waals surface area contributed by atoms with Crippen molar-refractivity contribution in [3.63, 3.8) is 0 Å². The predicted octanol–water partition coefficient (Wildman–Crippen LogP) is 4.38. The number of fused-ring (bicyclic) bond motifs is 2. The van der Waals surface area contributed by atoms with E-state index in [1.165, 1.54) is 27.6 Å². The van der Waals surface area contributed by atoms with Gasteiger partial charge in [0.05, 0.1) is 32.5 Å². The maximum Gasteiger partial charge on any atom is 0.204 e. The number of benzene rings is 2. The Labute approximate surface area is 173 Å². The van der Waals surface area contributed by atoms with E-state index in [-0.39, 0.29) is 22.3 Å². The Kier molecular flexibility index (Phi) is 4.61. The van der Waals surface area contributed by atoms with Crippen LogP contribution in [0.2, 0.25) is 0 Å². The first kappa shape index (κ1) is 19.7. The molecule has 7 heteroatoms. The first-order chi connectivity index (χ1) is 14.3. The molecule has 0 unspecified atom stereocenters. The summed E-state index contributed by atoms with van der Waals surface area (Å²) >= 11 is 0. The topological polar surface area (TPSA) is 87.4 Å². The average Bonchev–Trinajstić information content (AvgIpc) is 2.72. The predicted molar refractivity (Wildman–Crippen MR) is 113 cm³/mol. The van der Waals surface area contributed by atoms with Crippen molar-refractivity contribution in [1.82, 2.24) is 0 Å². The van der Waals surface area contributed by atoms with Gasteiger partial charge < -0.3 is 28.5 Å². The highest BCUT2D eigenvalue weighted by Crippen LogP contribution is 2.43. The lowest BCUT2D eigenvalue weighted by Gasteiger charge is -2.28. The molecule has 0 atom stereocenters. The summed E-state index contributed by atoms with van der Waals surface area (Å²) in [6.45, 7) is 3.80. The van der Waals surface area contributed by atoms with Crippen LogP contribution in [-0.2, 0) is 0 Å². The number of phenolic OH excluding ortho intramolecular Hbond substituents is 1. The van der Waals surface area contributed by atoms with Gasteiger partial charge in [0.1, 0.15) is 40.1 Å². The van der Waals surface area contributed by atoms with Gasteiger partial charge in [0.25, 0.3) is 0 Å². The van der Waals surface area contributed by atoms with Crippen molar-refractivity contribution in [2.45, 2.75) is 19.4 Å². The third-order valence-electron chi connectivity index (χ3n) is 5.06. The number of ether oxygens (including phenoxy) is 4. The van der Waals surface area contributed by atoms with Crippen LogP contribution in [0.1, 0.15) is 19.4 Å². The summed E-state index contributed by atoms with van der Waals surface area (Å²) in [7, 11) is 4.51. The zero-order chi connectivity index (χ0) is 21.6. The number of aromatic hydroxyl groups is 1. The van der Waals surface area contributed by atoms with E-state index in [4.69, 9.17) is 23.4 Å². The Morgan fingerprint density at radius 2 is 1.60 bits per heavy atom. The molecular formula is C23H22O7. The normalized spacial score (nSPS) is 14.2. The van der Waals surface area contributed by atoms with Gasteiger partial charge in [-0.25, -0.2) is 0 Å². The van der Waals surface area contributed by atoms with E-state index in [0.717, 1.165) is 0 Å². The average molecular weight is 410 g/mol. The molecule has 0 fully saturated rings. The zero-order valence-corrected chi connectivity index (χ0v) is 17.4. The lowest BCUT2D eigenvalue weighted by molar-refractivity contribution is 0.158. The van der Waals surface area contributed by atoms with Crippen molar-refractivity contribution in [2.75, 3.05) is 21.3 Å². The van der Waals surface area contributed by atoms with E-state index < -0.39 is 11.0 Å². The van der Waals surface area contributed by atoms with E-state index in [0.29, 0.717) is 34.1 Å². The maximum absolute atomic E-state index is 13.4. The molecular weight excluding hydrogens is 388 g/mol. The summed E-state index contributed by atoms with van der Waals surface area (Å²) in [6, 6.07) is 4.88. The van der Waals surface area contributed by atoms with Crippen molar-refractivity contribution in [1.29, 1.82) is 0 Å². The van der Waals surface area contributed by atoms with Crippen molar-refractivity contribution >= 4 is 17.0 Å².